The van der Waals surface area contributed by atoms with Crippen molar-refractivity contribution in [3.05, 3.63) is 97.6 Å². The number of pyridine rings is 4. The Kier molecular flexibility index (Phi) is 2.64. The molecule has 26 heavy (non-hydrogen) atoms. The Labute approximate surface area is 150 Å². The van der Waals surface area contributed by atoms with Gasteiger partial charge in [-0.15, -0.1) is 0 Å². The third-order valence-corrected chi connectivity index (χ3v) is 5.34. The average molecular weight is 332 g/mol. The van der Waals surface area contributed by atoms with E-state index in [1.807, 2.05) is 0 Å². The predicted octanol–water partition coefficient (Wildman–Crippen LogP) is 4.62. The molecule has 0 radical (unpaired) electrons. The van der Waals surface area contributed by atoms with Crippen LogP contribution < -0.4 is 8.80 Å². The Morgan fingerprint density at radius 1 is 0.462 bits per heavy atom. The second-order valence-corrected chi connectivity index (χ2v) is 6.84. The molecule has 2 heteroatoms. The lowest BCUT2D eigenvalue weighted by molar-refractivity contribution is -0.510. The van der Waals surface area contributed by atoms with Crippen molar-refractivity contribution in [2.24, 2.45) is 0 Å². The number of aromatic nitrogens is 2. The van der Waals surface area contributed by atoms with E-state index >= 15 is 0 Å². The molecule has 6 rings (SSSR count). The van der Waals surface area contributed by atoms with Crippen molar-refractivity contribution in [2.75, 3.05) is 0 Å². The number of benzene rings is 2. The van der Waals surface area contributed by atoms with E-state index in [4.69, 9.17) is 0 Å². The largest absolute Gasteiger partial charge is 0.211 e. The molecule has 0 bridgehead atoms. The number of hydrogen-bond acceptors (Lipinski definition) is 0. The summed E-state index contributed by atoms with van der Waals surface area (Å²) in [4.78, 5) is 0. The number of rotatable bonds is 0. The Hall–Kier alpha value is -3.52. The molecule has 120 valence electrons. The third kappa shape index (κ3) is 1.87. The summed E-state index contributed by atoms with van der Waals surface area (Å²) in [6.07, 6.45) is 8.63. The molecule has 0 fully saturated rings. The van der Waals surface area contributed by atoms with Gasteiger partial charge in [-0.05, 0) is 35.0 Å². The minimum Gasteiger partial charge on any atom is -0.167 e. The summed E-state index contributed by atoms with van der Waals surface area (Å²) < 4.78 is 4.36. The smallest absolute Gasteiger partial charge is 0.167 e. The lowest BCUT2D eigenvalue weighted by Crippen LogP contribution is -2.20. The first-order chi connectivity index (χ1) is 12.9. The molecule has 0 N–H and O–H groups in total. The monoisotopic (exact) mass is 332 g/mol. The van der Waals surface area contributed by atoms with Crippen molar-refractivity contribution in [1.29, 1.82) is 0 Å². The van der Waals surface area contributed by atoms with Crippen LogP contribution in [0.4, 0.5) is 0 Å². The molecule has 0 amide bonds. The molecule has 0 unspecified atom stereocenters. The highest BCUT2D eigenvalue weighted by Gasteiger charge is 2.12. The minimum absolute atomic E-state index is 1.21. The van der Waals surface area contributed by atoms with Crippen LogP contribution in [0.3, 0.4) is 0 Å². The predicted molar refractivity (Wildman–Crippen MR) is 105 cm³/mol. The van der Waals surface area contributed by atoms with Crippen LogP contribution in [0.15, 0.2) is 97.6 Å². The van der Waals surface area contributed by atoms with Crippen LogP contribution in [0.2, 0.25) is 0 Å². The summed E-state index contributed by atoms with van der Waals surface area (Å²) in [5, 5.41) is 7.74. The van der Waals surface area contributed by atoms with E-state index in [2.05, 4.69) is 106 Å². The molecule has 0 spiro atoms. The Morgan fingerprint density at radius 3 is 1.46 bits per heavy atom. The van der Waals surface area contributed by atoms with Crippen molar-refractivity contribution in [3.63, 3.8) is 0 Å². The molecule has 2 nitrogen and oxygen atoms in total. The maximum atomic E-state index is 2.29. The lowest BCUT2D eigenvalue weighted by atomic mass is 9.98. The Morgan fingerprint density at radius 2 is 0.962 bits per heavy atom. The zero-order chi connectivity index (χ0) is 17.1. The van der Waals surface area contributed by atoms with Crippen LogP contribution in [0.5, 0.6) is 0 Å². The summed E-state index contributed by atoms with van der Waals surface area (Å²) in [6.45, 7) is 0. The molecule has 0 saturated carbocycles. The van der Waals surface area contributed by atoms with E-state index in [-0.39, 0.29) is 0 Å². The summed E-state index contributed by atoms with van der Waals surface area (Å²) >= 11 is 0. The highest BCUT2D eigenvalue weighted by molar-refractivity contribution is 6.17. The molecule has 4 heterocycles. The fraction of sp³-hybridized carbons (Fsp3) is 0. The molecule has 0 aliphatic heterocycles. The summed E-state index contributed by atoms with van der Waals surface area (Å²) in [5.74, 6) is 0. The summed E-state index contributed by atoms with van der Waals surface area (Å²) in [7, 11) is 0. The maximum Gasteiger partial charge on any atom is 0.211 e. The Balaban J connectivity index is 1.80. The van der Waals surface area contributed by atoms with Crippen molar-refractivity contribution in [3.8, 4) is 0 Å². The van der Waals surface area contributed by atoms with Gasteiger partial charge in [0.25, 0.3) is 0 Å². The lowest BCUT2D eigenvalue weighted by Gasteiger charge is -2.06. The van der Waals surface area contributed by atoms with Crippen LogP contribution in [-0.4, -0.2) is 0 Å². The first-order valence-electron chi connectivity index (χ1n) is 8.86. The van der Waals surface area contributed by atoms with Gasteiger partial charge in [-0.25, -0.2) is 0 Å². The quantitative estimate of drug-likeness (QED) is 0.218. The Bertz CT molecular complexity index is 1370. The standard InChI is InChI=1S/C24H16N2/c1-3-11-25-15-17-7-10-22-21(23(17)13-19(25)5-1)9-8-18-16-26-12-4-2-6-20(26)14-24(18)22/h1-16H/q+2. The van der Waals surface area contributed by atoms with Gasteiger partial charge < -0.3 is 0 Å². The van der Waals surface area contributed by atoms with Gasteiger partial charge in [-0.2, -0.15) is 8.80 Å². The molecule has 0 atom stereocenters. The van der Waals surface area contributed by atoms with E-state index in [1.165, 1.54) is 43.4 Å². The molecule has 6 aromatic rings. The molecular weight excluding hydrogens is 316 g/mol. The number of nitrogens with zero attached hydrogens (tertiary/aromatic N) is 2. The normalized spacial score (nSPS) is 11.8. The highest BCUT2D eigenvalue weighted by Crippen LogP contribution is 2.31. The molecule has 4 aromatic heterocycles. The minimum atomic E-state index is 1.21. The van der Waals surface area contributed by atoms with Gasteiger partial charge in [0, 0.05) is 57.9 Å². The molecule has 0 aliphatic rings. The van der Waals surface area contributed by atoms with E-state index in [9.17, 15) is 0 Å². The van der Waals surface area contributed by atoms with Crippen LogP contribution in [0.1, 0.15) is 0 Å². The zero-order valence-electron chi connectivity index (χ0n) is 14.1. The fourth-order valence-electron chi connectivity index (χ4n) is 4.05. The van der Waals surface area contributed by atoms with Crippen molar-refractivity contribution in [1.82, 2.24) is 0 Å². The average Bonchev–Trinajstić information content (AvgIpc) is 2.70. The van der Waals surface area contributed by atoms with Crippen LogP contribution in [0.25, 0.3) is 43.4 Å². The van der Waals surface area contributed by atoms with Gasteiger partial charge in [0.2, 0.25) is 11.0 Å². The topological polar surface area (TPSA) is 8.20 Å². The van der Waals surface area contributed by atoms with E-state index in [0.717, 1.165) is 0 Å². The van der Waals surface area contributed by atoms with Crippen LogP contribution in [0, 0.1) is 0 Å². The van der Waals surface area contributed by atoms with Gasteiger partial charge >= 0.3 is 0 Å². The van der Waals surface area contributed by atoms with E-state index in [1.54, 1.807) is 0 Å². The van der Waals surface area contributed by atoms with Crippen LogP contribution in [-0.2, 0) is 0 Å². The van der Waals surface area contributed by atoms with Gasteiger partial charge in [0.05, 0.1) is 0 Å². The second-order valence-electron chi connectivity index (χ2n) is 6.84. The van der Waals surface area contributed by atoms with Gasteiger partial charge in [0.1, 0.15) is 0 Å². The van der Waals surface area contributed by atoms with Gasteiger partial charge in [-0.3, -0.25) is 0 Å². The first kappa shape index (κ1) is 13.7. The fourth-order valence-corrected chi connectivity index (χ4v) is 4.05. The SMILES string of the molecule is c1cc[n+]2cc3ccc4c5cc6cccc[n+]6cc5ccc4c3cc2c1. The van der Waals surface area contributed by atoms with Gasteiger partial charge in [-0.1, -0.05) is 12.1 Å². The molecule has 0 aliphatic carbocycles. The second kappa shape index (κ2) is 4.99. The molecule has 0 saturated heterocycles. The first-order valence-corrected chi connectivity index (χ1v) is 8.86. The highest BCUT2D eigenvalue weighted by atomic mass is 14.8. The van der Waals surface area contributed by atoms with Crippen molar-refractivity contribution in [2.45, 2.75) is 0 Å². The van der Waals surface area contributed by atoms with Crippen LogP contribution >= 0.6 is 0 Å². The number of hydrogen-bond donors (Lipinski definition) is 0. The van der Waals surface area contributed by atoms with Crippen molar-refractivity contribution < 1.29 is 8.80 Å². The summed E-state index contributed by atoms with van der Waals surface area (Å²) in [6, 6.07) is 26.2. The van der Waals surface area contributed by atoms with Crippen molar-refractivity contribution >= 4 is 43.4 Å². The molecule has 2 aromatic carbocycles. The maximum absolute atomic E-state index is 2.29. The van der Waals surface area contributed by atoms with E-state index < -0.39 is 0 Å². The third-order valence-electron chi connectivity index (χ3n) is 5.34. The zero-order valence-corrected chi connectivity index (χ0v) is 14.1. The van der Waals surface area contributed by atoms with E-state index in [0.29, 0.717) is 0 Å². The van der Waals surface area contributed by atoms with Gasteiger partial charge in [0.15, 0.2) is 24.8 Å². The molecular formula is C24H16N2+2. The number of fused-ring (bicyclic) bond motifs is 7. The summed E-state index contributed by atoms with van der Waals surface area (Å²) in [5.41, 5.74) is 2.42.